The first-order valence-electron chi connectivity index (χ1n) is 8.24. The van der Waals surface area contributed by atoms with Crippen molar-refractivity contribution in [1.29, 1.82) is 0 Å². The summed E-state index contributed by atoms with van der Waals surface area (Å²) in [5.74, 6) is -0.182. The van der Waals surface area contributed by atoms with Crippen molar-refractivity contribution >= 4 is 27.3 Å². The molecule has 0 aliphatic heterocycles. The topological polar surface area (TPSA) is 66.5 Å². The lowest BCUT2D eigenvalue weighted by Crippen LogP contribution is -2.31. The standard InChI is InChI=1S/C19H22N2O3S/c1-13-4-5-15(12-14(13)2)19(22)20-16-6-8-17(9-7-16)21(18-10-11-18)25(3,23)24/h4-9,12,18H,10-11H2,1-3H3,(H,20,22). The van der Waals surface area contributed by atoms with Gasteiger partial charge in [0, 0.05) is 17.3 Å². The Morgan fingerprint density at radius 2 is 1.68 bits per heavy atom. The SMILES string of the molecule is Cc1ccc(C(=O)Nc2ccc(N(C3CC3)S(C)(=O)=O)cc2)cc1C. The van der Waals surface area contributed by atoms with Gasteiger partial charge in [0.2, 0.25) is 10.0 Å². The number of carbonyl (C=O) groups is 1. The van der Waals surface area contributed by atoms with E-state index in [4.69, 9.17) is 0 Å². The number of nitrogens with one attached hydrogen (secondary N) is 1. The Kier molecular flexibility index (Phi) is 4.56. The zero-order chi connectivity index (χ0) is 18.2. The first-order chi connectivity index (χ1) is 11.8. The summed E-state index contributed by atoms with van der Waals surface area (Å²) < 4.78 is 25.4. The van der Waals surface area contributed by atoms with Gasteiger partial charge in [-0.2, -0.15) is 0 Å². The summed E-state index contributed by atoms with van der Waals surface area (Å²) in [5.41, 5.74) is 4.08. The minimum absolute atomic E-state index is 0.0611. The average molecular weight is 358 g/mol. The van der Waals surface area contributed by atoms with Crippen molar-refractivity contribution < 1.29 is 13.2 Å². The molecule has 25 heavy (non-hydrogen) atoms. The number of anilines is 2. The lowest BCUT2D eigenvalue weighted by atomic mass is 10.1. The lowest BCUT2D eigenvalue weighted by Gasteiger charge is -2.22. The molecule has 0 heterocycles. The predicted octanol–water partition coefficient (Wildman–Crippen LogP) is 3.48. The van der Waals surface area contributed by atoms with Crippen LogP contribution in [-0.4, -0.2) is 26.6 Å². The Morgan fingerprint density at radius 3 is 2.20 bits per heavy atom. The van der Waals surface area contributed by atoms with Crippen LogP contribution in [-0.2, 0) is 10.0 Å². The molecule has 1 saturated carbocycles. The van der Waals surface area contributed by atoms with Crippen LogP contribution in [0.15, 0.2) is 42.5 Å². The van der Waals surface area contributed by atoms with Gasteiger partial charge >= 0.3 is 0 Å². The summed E-state index contributed by atoms with van der Waals surface area (Å²) in [6, 6.07) is 12.6. The Morgan fingerprint density at radius 1 is 1.04 bits per heavy atom. The van der Waals surface area contributed by atoms with Crippen molar-refractivity contribution in [2.24, 2.45) is 0 Å². The fraction of sp³-hybridized carbons (Fsp3) is 0.316. The highest BCUT2D eigenvalue weighted by Crippen LogP contribution is 2.34. The van der Waals surface area contributed by atoms with Gasteiger partial charge in [0.15, 0.2) is 0 Å². The maximum absolute atomic E-state index is 12.4. The summed E-state index contributed by atoms with van der Waals surface area (Å²) in [4.78, 5) is 12.4. The minimum Gasteiger partial charge on any atom is -0.322 e. The van der Waals surface area contributed by atoms with Crippen LogP contribution in [0.25, 0.3) is 0 Å². The van der Waals surface area contributed by atoms with Gasteiger partial charge in [0.05, 0.1) is 11.9 Å². The fourth-order valence-electron chi connectivity index (χ4n) is 2.76. The number of carbonyl (C=O) groups excluding carboxylic acids is 1. The lowest BCUT2D eigenvalue weighted by molar-refractivity contribution is 0.102. The van der Waals surface area contributed by atoms with Crippen LogP contribution in [0.1, 0.15) is 34.3 Å². The van der Waals surface area contributed by atoms with Gasteiger partial charge < -0.3 is 5.32 Å². The van der Waals surface area contributed by atoms with Crippen molar-refractivity contribution in [3.63, 3.8) is 0 Å². The molecule has 0 aromatic heterocycles. The van der Waals surface area contributed by atoms with E-state index in [9.17, 15) is 13.2 Å². The number of hydrogen-bond donors (Lipinski definition) is 1. The highest BCUT2D eigenvalue weighted by Gasteiger charge is 2.35. The molecule has 0 radical (unpaired) electrons. The van der Waals surface area contributed by atoms with Gasteiger partial charge in [0.25, 0.3) is 5.91 Å². The van der Waals surface area contributed by atoms with Gasteiger partial charge in [0.1, 0.15) is 0 Å². The van der Waals surface area contributed by atoms with Gasteiger partial charge in [-0.05, 0) is 74.2 Å². The van der Waals surface area contributed by atoms with Crippen molar-refractivity contribution in [3.05, 3.63) is 59.2 Å². The minimum atomic E-state index is -3.30. The molecule has 1 amide bonds. The number of sulfonamides is 1. The van der Waals surface area contributed by atoms with E-state index in [1.807, 2.05) is 26.0 Å². The molecule has 1 N–H and O–H groups in total. The molecule has 6 heteroatoms. The van der Waals surface area contributed by atoms with Crippen molar-refractivity contribution in [2.45, 2.75) is 32.7 Å². The predicted molar refractivity (Wildman–Crippen MR) is 101 cm³/mol. The highest BCUT2D eigenvalue weighted by atomic mass is 32.2. The quantitative estimate of drug-likeness (QED) is 0.890. The summed E-state index contributed by atoms with van der Waals surface area (Å²) in [5, 5.41) is 2.85. The van der Waals surface area contributed by atoms with E-state index in [2.05, 4.69) is 5.32 Å². The molecule has 0 spiro atoms. The summed E-state index contributed by atoms with van der Waals surface area (Å²) in [6.45, 7) is 3.97. The van der Waals surface area contributed by atoms with E-state index in [1.54, 1.807) is 30.3 Å². The highest BCUT2D eigenvalue weighted by molar-refractivity contribution is 7.92. The molecule has 5 nitrogen and oxygen atoms in total. The number of rotatable bonds is 5. The van der Waals surface area contributed by atoms with E-state index in [1.165, 1.54) is 10.6 Å². The second-order valence-corrected chi connectivity index (χ2v) is 8.45. The zero-order valence-corrected chi connectivity index (χ0v) is 15.4. The molecule has 2 aromatic carbocycles. The smallest absolute Gasteiger partial charge is 0.255 e. The molecular weight excluding hydrogens is 336 g/mol. The molecule has 1 aliphatic rings. The number of nitrogens with zero attached hydrogens (tertiary/aromatic N) is 1. The Bertz CT molecular complexity index is 901. The Labute approximate surface area is 148 Å². The van der Waals surface area contributed by atoms with Crippen LogP contribution < -0.4 is 9.62 Å². The Balaban J connectivity index is 1.76. The average Bonchev–Trinajstić information content (AvgIpc) is 3.35. The molecule has 0 bridgehead atoms. The normalized spacial score (nSPS) is 14.2. The summed E-state index contributed by atoms with van der Waals surface area (Å²) >= 11 is 0. The van der Waals surface area contributed by atoms with Gasteiger partial charge in [-0.25, -0.2) is 8.42 Å². The third kappa shape index (κ3) is 4.02. The van der Waals surface area contributed by atoms with E-state index < -0.39 is 10.0 Å². The van der Waals surface area contributed by atoms with Crippen LogP contribution in [0.5, 0.6) is 0 Å². The fourth-order valence-corrected chi connectivity index (χ4v) is 4.02. The number of aryl methyl sites for hydroxylation is 2. The molecule has 0 saturated heterocycles. The monoisotopic (exact) mass is 358 g/mol. The Hall–Kier alpha value is -2.34. The summed E-state index contributed by atoms with van der Waals surface area (Å²) in [7, 11) is -3.30. The van der Waals surface area contributed by atoms with Crippen LogP contribution in [0.4, 0.5) is 11.4 Å². The number of benzene rings is 2. The maximum atomic E-state index is 12.4. The molecule has 0 unspecified atom stereocenters. The van der Waals surface area contributed by atoms with Crippen LogP contribution >= 0.6 is 0 Å². The molecule has 1 aliphatic carbocycles. The van der Waals surface area contributed by atoms with E-state index in [-0.39, 0.29) is 11.9 Å². The molecule has 3 rings (SSSR count). The first-order valence-corrected chi connectivity index (χ1v) is 10.1. The second-order valence-electron chi connectivity index (χ2n) is 6.59. The van der Waals surface area contributed by atoms with Gasteiger partial charge in [-0.3, -0.25) is 9.10 Å². The van der Waals surface area contributed by atoms with Crippen LogP contribution in [0, 0.1) is 13.8 Å². The third-order valence-corrected chi connectivity index (χ3v) is 5.61. The van der Waals surface area contributed by atoms with Gasteiger partial charge in [-0.1, -0.05) is 6.07 Å². The second kappa shape index (κ2) is 6.52. The van der Waals surface area contributed by atoms with Crippen molar-refractivity contribution in [3.8, 4) is 0 Å². The number of amides is 1. The number of hydrogen-bond acceptors (Lipinski definition) is 3. The van der Waals surface area contributed by atoms with E-state index in [0.717, 1.165) is 24.0 Å². The molecule has 1 fully saturated rings. The molecule has 132 valence electrons. The molecule has 2 aromatic rings. The first kappa shape index (κ1) is 17.5. The molecule has 0 atom stereocenters. The largest absolute Gasteiger partial charge is 0.322 e. The van der Waals surface area contributed by atoms with Gasteiger partial charge in [-0.15, -0.1) is 0 Å². The van der Waals surface area contributed by atoms with E-state index in [0.29, 0.717) is 16.9 Å². The van der Waals surface area contributed by atoms with E-state index >= 15 is 0 Å². The van der Waals surface area contributed by atoms with Crippen molar-refractivity contribution in [2.75, 3.05) is 15.9 Å². The van der Waals surface area contributed by atoms with Crippen LogP contribution in [0.3, 0.4) is 0 Å². The van der Waals surface area contributed by atoms with Crippen molar-refractivity contribution in [1.82, 2.24) is 0 Å². The third-order valence-electron chi connectivity index (χ3n) is 4.38. The molecular formula is C19H22N2O3S. The van der Waals surface area contributed by atoms with Crippen LogP contribution in [0.2, 0.25) is 0 Å². The zero-order valence-electron chi connectivity index (χ0n) is 14.6. The maximum Gasteiger partial charge on any atom is 0.255 e. The summed E-state index contributed by atoms with van der Waals surface area (Å²) in [6.07, 6.45) is 3.00.